The molecule has 0 saturated heterocycles. The van der Waals surface area contributed by atoms with Crippen molar-refractivity contribution in [1.29, 1.82) is 0 Å². The standard InChI is InChI=1S/C11H14N4O3S2/c16-20(17,14-5-11-13-7-18-15-11)10-3-9(19-6-10)4-12-8-1-2-8/h3,6-8,12,14H,1-2,4-5H2. The van der Waals surface area contributed by atoms with Crippen molar-refractivity contribution in [1.82, 2.24) is 20.2 Å². The van der Waals surface area contributed by atoms with Crippen LogP contribution in [0.2, 0.25) is 0 Å². The van der Waals surface area contributed by atoms with Gasteiger partial charge in [0.2, 0.25) is 16.4 Å². The van der Waals surface area contributed by atoms with Crippen LogP contribution >= 0.6 is 11.3 Å². The average Bonchev–Trinajstić information content (AvgIpc) is 2.94. The highest BCUT2D eigenvalue weighted by Gasteiger charge is 2.21. The van der Waals surface area contributed by atoms with E-state index >= 15 is 0 Å². The number of sulfonamides is 1. The third-order valence-corrected chi connectivity index (χ3v) is 5.38. The Morgan fingerprint density at radius 3 is 2.95 bits per heavy atom. The minimum Gasteiger partial charge on any atom is -0.343 e. The van der Waals surface area contributed by atoms with Crippen LogP contribution in [-0.4, -0.2) is 24.6 Å². The monoisotopic (exact) mass is 314 g/mol. The van der Waals surface area contributed by atoms with Gasteiger partial charge < -0.3 is 9.84 Å². The fraction of sp³-hybridized carbons (Fsp3) is 0.455. The molecule has 2 heterocycles. The van der Waals surface area contributed by atoms with Crippen molar-refractivity contribution < 1.29 is 12.9 Å². The third kappa shape index (κ3) is 3.42. The Hall–Kier alpha value is -1.29. The molecule has 1 aliphatic carbocycles. The van der Waals surface area contributed by atoms with E-state index in [1.165, 1.54) is 24.2 Å². The number of rotatable bonds is 7. The summed E-state index contributed by atoms with van der Waals surface area (Å²) in [6, 6.07) is 2.30. The summed E-state index contributed by atoms with van der Waals surface area (Å²) >= 11 is 1.44. The molecule has 7 nitrogen and oxygen atoms in total. The van der Waals surface area contributed by atoms with E-state index in [1.54, 1.807) is 11.4 Å². The van der Waals surface area contributed by atoms with E-state index in [9.17, 15) is 8.42 Å². The second kappa shape index (κ2) is 5.60. The van der Waals surface area contributed by atoms with Gasteiger partial charge in [-0.3, -0.25) is 0 Å². The van der Waals surface area contributed by atoms with Crippen molar-refractivity contribution >= 4 is 21.4 Å². The van der Waals surface area contributed by atoms with E-state index in [-0.39, 0.29) is 11.4 Å². The van der Waals surface area contributed by atoms with Gasteiger partial charge in [-0.1, -0.05) is 5.16 Å². The van der Waals surface area contributed by atoms with Gasteiger partial charge in [0.05, 0.1) is 11.4 Å². The van der Waals surface area contributed by atoms with Gasteiger partial charge in [-0.15, -0.1) is 11.3 Å². The van der Waals surface area contributed by atoms with Crippen molar-refractivity contribution in [3.05, 3.63) is 28.5 Å². The van der Waals surface area contributed by atoms with E-state index in [0.717, 1.165) is 17.8 Å². The van der Waals surface area contributed by atoms with E-state index in [1.807, 2.05) is 0 Å². The lowest BCUT2D eigenvalue weighted by molar-refractivity contribution is 0.409. The molecule has 2 aromatic rings. The predicted octanol–water partition coefficient (Wildman–Crippen LogP) is 0.862. The van der Waals surface area contributed by atoms with Crippen LogP contribution < -0.4 is 10.0 Å². The van der Waals surface area contributed by atoms with Crippen LogP contribution in [-0.2, 0) is 23.1 Å². The summed E-state index contributed by atoms with van der Waals surface area (Å²) in [5, 5.41) is 8.55. The fourth-order valence-corrected chi connectivity index (χ4v) is 3.85. The van der Waals surface area contributed by atoms with Gasteiger partial charge in [-0.25, -0.2) is 13.1 Å². The van der Waals surface area contributed by atoms with Gasteiger partial charge in [0, 0.05) is 22.8 Å². The first kappa shape index (κ1) is 13.7. The van der Waals surface area contributed by atoms with E-state index in [2.05, 4.69) is 24.7 Å². The molecule has 1 fully saturated rings. The highest BCUT2D eigenvalue weighted by Crippen LogP contribution is 2.22. The Labute approximate surface area is 120 Å². The molecule has 108 valence electrons. The van der Waals surface area contributed by atoms with E-state index < -0.39 is 10.0 Å². The Morgan fingerprint density at radius 1 is 1.40 bits per heavy atom. The second-order valence-corrected chi connectivity index (χ2v) is 7.34. The van der Waals surface area contributed by atoms with Crippen LogP contribution in [0.3, 0.4) is 0 Å². The maximum absolute atomic E-state index is 12.1. The first-order chi connectivity index (χ1) is 9.63. The number of hydrogen-bond acceptors (Lipinski definition) is 7. The Bertz CT molecular complexity index is 662. The van der Waals surface area contributed by atoms with Crippen LogP contribution in [0, 0.1) is 0 Å². The maximum atomic E-state index is 12.1. The minimum absolute atomic E-state index is 0.0182. The predicted molar refractivity (Wildman–Crippen MR) is 72.5 cm³/mol. The van der Waals surface area contributed by atoms with Crippen molar-refractivity contribution in [3.8, 4) is 0 Å². The van der Waals surface area contributed by atoms with Crippen molar-refractivity contribution in [2.45, 2.75) is 36.9 Å². The van der Waals surface area contributed by atoms with Gasteiger partial charge in [0.25, 0.3) is 0 Å². The number of aromatic nitrogens is 2. The van der Waals surface area contributed by atoms with Crippen molar-refractivity contribution in [2.24, 2.45) is 0 Å². The molecule has 2 N–H and O–H groups in total. The summed E-state index contributed by atoms with van der Waals surface area (Å²) < 4.78 is 31.1. The quantitative estimate of drug-likeness (QED) is 0.787. The molecule has 0 radical (unpaired) electrons. The van der Waals surface area contributed by atoms with E-state index in [0.29, 0.717) is 11.9 Å². The van der Waals surface area contributed by atoms with Crippen LogP contribution in [0.4, 0.5) is 0 Å². The summed E-state index contributed by atoms with van der Waals surface area (Å²) in [4.78, 5) is 5.05. The first-order valence-corrected chi connectivity index (χ1v) is 8.55. The molecule has 0 atom stereocenters. The zero-order valence-corrected chi connectivity index (χ0v) is 12.2. The van der Waals surface area contributed by atoms with Crippen molar-refractivity contribution in [3.63, 3.8) is 0 Å². The molecule has 3 rings (SSSR count). The van der Waals surface area contributed by atoms with Gasteiger partial charge in [-0.05, 0) is 18.9 Å². The fourth-order valence-electron chi connectivity index (χ4n) is 1.64. The largest absolute Gasteiger partial charge is 0.343 e. The minimum atomic E-state index is -3.53. The lowest BCUT2D eigenvalue weighted by atomic mass is 10.4. The maximum Gasteiger partial charge on any atom is 0.241 e. The summed E-state index contributed by atoms with van der Waals surface area (Å²) in [5.41, 5.74) is 0. The second-order valence-electron chi connectivity index (χ2n) is 4.58. The number of nitrogens with zero attached hydrogens (tertiary/aromatic N) is 2. The Kier molecular flexibility index (Phi) is 3.83. The zero-order chi connectivity index (χ0) is 14.0. The lowest BCUT2D eigenvalue weighted by Gasteiger charge is -2.01. The molecule has 0 unspecified atom stereocenters. The van der Waals surface area contributed by atoms with Crippen LogP contribution in [0.15, 0.2) is 27.3 Å². The highest BCUT2D eigenvalue weighted by atomic mass is 32.2. The Morgan fingerprint density at radius 2 is 2.25 bits per heavy atom. The molecule has 1 saturated carbocycles. The number of thiophene rings is 1. The van der Waals surface area contributed by atoms with Gasteiger partial charge in [0.1, 0.15) is 0 Å². The normalized spacial score (nSPS) is 15.6. The molecule has 0 bridgehead atoms. The molecular formula is C11H14N4O3S2. The SMILES string of the molecule is O=S(=O)(NCc1ncon1)c1csc(CNC2CC2)c1. The number of nitrogens with one attached hydrogen (secondary N) is 2. The van der Waals surface area contributed by atoms with Crippen LogP contribution in [0.5, 0.6) is 0 Å². The molecule has 1 aliphatic rings. The van der Waals surface area contributed by atoms with Crippen molar-refractivity contribution in [2.75, 3.05) is 0 Å². The molecule has 20 heavy (non-hydrogen) atoms. The summed E-state index contributed by atoms with van der Waals surface area (Å²) in [6.07, 6.45) is 3.58. The van der Waals surface area contributed by atoms with Gasteiger partial charge in [-0.2, -0.15) is 4.98 Å². The Balaban J connectivity index is 1.61. The highest BCUT2D eigenvalue weighted by molar-refractivity contribution is 7.89. The lowest BCUT2D eigenvalue weighted by Crippen LogP contribution is -2.23. The summed E-state index contributed by atoms with van der Waals surface area (Å²) in [7, 11) is -3.53. The zero-order valence-electron chi connectivity index (χ0n) is 10.6. The molecule has 0 aliphatic heterocycles. The van der Waals surface area contributed by atoms with Crippen LogP contribution in [0.25, 0.3) is 0 Å². The summed E-state index contributed by atoms with van der Waals surface area (Å²) in [6.45, 7) is 0.736. The number of hydrogen-bond donors (Lipinski definition) is 2. The van der Waals surface area contributed by atoms with Gasteiger partial charge >= 0.3 is 0 Å². The summed E-state index contributed by atoms with van der Waals surface area (Å²) in [5.74, 6) is 0.305. The molecule has 0 spiro atoms. The van der Waals surface area contributed by atoms with Crippen LogP contribution in [0.1, 0.15) is 23.5 Å². The van der Waals surface area contributed by atoms with E-state index in [4.69, 9.17) is 0 Å². The molecule has 2 aromatic heterocycles. The average molecular weight is 314 g/mol. The smallest absolute Gasteiger partial charge is 0.241 e. The molecule has 0 amide bonds. The topological polar surface area (TPSA) is 97.1 Å². The molecule has 9 heteroatoms. The third-order valence-electron chi connectivity index (χ3n) is 2.91. The molecule has 0 aromatic carbocycles. The first-order valence-electron chi connectivity index (χ1n) is 6.19. The van der Waals surface area contributed by atoms with Gasteiger partial charge in [0.15, 0.2) is 5.82 Å². The molecular weight excluding hydrogens is 300 g/mol.